The van der Waals surface area contributed by atoms with Crippen molar-refractivity contribution in [2.24, 2.45) is 11.0 Å². The average Bonchev–Trinajstić information content (AvgIpc) is 3.56. The summed E-state index contributed by atoms with van der Waals surface area (Å²) in [4.78, 5) is 12.6. The van der Waals surface area contributed by atoms with Gasteiger partial charge < -0.3 is 4.74 Å². The first-order valence-corrected chi connectivity index (χ1v) is 11.0. The first-order chi connectivity index (χ1) is 14.9. The van der Waals surface area contributed by atoms with Crippen molar-refractivity contribution >= 4 is 22.9 Å². The maximum Gasteiger partial charge on any atom is 0.243 e. The Morgan fingerprint density at radius 1 is 1.10 bits per heavy atom. The maximum atomic E-state index is 12.6. The molecule has 1 fully saturated rings. The minimum absolute atomic E-state index is 0.0171. The molecule has 4 rings (SSSR count). The van der Waals surface area contributed by atoms with Crippen molar-refractivity contribution in [2.45, 2.75) is 45.4 Å². The van der Waals surface area contributed by atoms with Gasteiger partial charge in [0.15, 0.2) is 0 Å². The van der Waals surface area contributed by atoms with E-state index in [1.54, 1.807) is 6.21 Å². The van der Waals surface area contributed by atoms with Crippen LogP contribution in [0.15, 0.2) is 65.8 Å². The lowest BCUT2D eigenvalue weighted by Crippen LogP contribution is -2.20. The first kappa shape index (κ1) is 21.1. The highest BCUT2D eigenvalue weighted by molar-refractivity contribution is 6.02. The zero-order valence-electron chi connectivity index (χ0n) is 18.7. The van der Waals surface area contributed by atoms with Crippen LogP contribution in [0, 0.1) is 5.92 Å². The van der Waals surface area contributed by atoms with Crippen molar-refractivity contribution in [2.75, 3.05) is 6.61 Å². The Balaban J connectivity index is 1.44. The minimum atomic E-state index is -0.0284. The second-order valence-electron chi connectivity index (χ2n) is 9.19. The molecule has 3 aromatic rings. The molecule has 0 radical (unpaired) electrons. The van der Waals surface area contributed by atoms with Gasteiger partial charge in [-0.15, -0.1) is 0 Å². The summed E-state index contributed by atoms with van der Waals surface area (Å²) in [6, 6.07) is 20.8. The third-order valence-corrected chi connectivity index (χ3v) is 5.93. The summed E-state index contributed by atoms with van der Waals surface area (Å²) in [5.74, 6) is 0.999. The van der Waals surface area contributed by atoms with E-state index < -0.39 is 0 Å². The Bertz CT molecular complexity index is 1110. The van der Waals surface area contributed by atoms with Gasteiger partial charge in [0.2, 0.25) is 5.91 Å². The molecule has 0 saturated heterocycles. The summed E-state index contributed by atoms with van der Waals surface area (Å²) in [6.45, 7) is 9.16. The number of rotatable bonds is 6. The fourth-order valence-corrected chi connectivity index (χ4v) is 4.02. The molecule has 0 unspecified atom stereocenters. The van der Waals surface area contributed by atoms with Gasteiger partial charge in [-0.3, -0.25) is 4.79 Å². The molecule has 160 valence electrons. The Hall–Kier alpha value is -3.14. The fourth-order valence-electron chi connectivity index (χ4n) is 4.02. The molecule has 1 aliphatic carbocycles. The SMILES string of the molecule is CCOc1ccc2ccccc2c1/C=N\NC(=O)[C@H]1C[C@H]1c1ccc(C(C)(C)C)cc1. The number of nitrogens with one attached hydrogen (secondary N) is 1. The summed E-state index contributed by atoms with van der Waals surface area (Å²) >= 11 is 0. The third-order valence-electron chi connectivity index (χ3n) is 5.93. The van der Waals surface area contributed by atoms with Crippen LogP contribution >= 0.6 is 0 Å². The molecule has 3 aromatic carbocycles. The predicted molar refractivity (Wildman–Crippen MR) is 127 cm³/mol. The number of ether oxygens (including phenoxy) is 1. The molecule has 4 nitrogen and oxygen atoms in total. The van der Waals surface area contributed by atoms with E-state index in [2.05, 4.69) is 61.6 Å². The number of benzene rings is 3. The number of carbonyl (C=O) groups excluding carboxylic acids is 1. The van der Waals surface area contributed by atoms with E-state index in [0.29, 0.717) is 6.61 Å². The van der Waals surface area contributed by atoms with Gasteiger partial charge in [0, 0.05) is 11.5 Å². The number of hydrazone groups is 1. The van der Waals surface area contributed by atoms with Crippen molar-refractivity contribution < 1.29 is 9.53 Å². The smallest absolute Gasteiger partial charge is 0.243 e. The second kappa shape index (κ2) is 8.54. The zero-order valence-corrected chi connectivity index (χ0v) is 18.7. The first-order valence-electron chi connectivity index (χ1n) is 11.0. The van der Waals surface area contributed by atoms with Crippen LogP contribution in [0.25, 0.3) is 10.8 Å². The lowest BCUT2D eigenvalue weighted by atomic mass is 9.86. The van der Waals surface area contributed by atoms with E-state index in [4.69, 9.17) is 4.74 Å². The molecule has 1 N–H and O–H groups in total. The van der Waals surface area contributed by atoms with E-state index in [-0.39, 0.29) is 23.2 Å². The van der Waals surface area contributed by atoms with Crippen molar-refractivity contribution in [1.82, 2.24) is 5.43 Å². The molecule has 4 heteroatoms. The van der Waals surface area contributed by atoms with E-state index >= 15 is 0 Å². The second-order valence-corrected chi connectivity index (χ2v) is 9.19. The van der Waals surface area contributed by atoms with E-state index in [0.717, 1.165) is 28.5 Å². The third kappa shape index (κ3) is 4.63. The fraction of sp³-hybridized carbons (Fsp3) is 0.333. The minimum Gasteiger partial charge on any atom is -0.493 e. The number of carbonyl (C=O) groups is 1. The van der Waals surface area contributed by atoms with Crippen LogP contribution in [0.3, 0.4) is 0 Å². The van der Waals surface area contributed by atoms with Gasteiger partial charge in [-0.1, -0.05) is 75.4 Å². The van der Waals surface area contributed by atoms with Crippen molar-refractivity contribution in [3.8, 4) is 5.75 Å². The van der Waals surface area contributed by atoms with E-state index in [1.807, 2.05) is 37.3 Å². The predicted octanol–water partition coefficient (Wildman–Crippen LogP) is 5.79. The van der Waals surface area contributed by atoms with Crippen molar-refractivity contribution in [3.63, 3.8) is 0 Å². The highest BCUT2D eigenvalue weighted by atomic mass is 16.5. The summed E-state index contributed by atoms with van der Waals surface area (Å²) < 4.78 is 5.77. The molecule has 1 saturated carbocycles. The molecule has 2 atom stereocenters. The topological polar surface area (TPSA) is 50.7 Å². The van der Waals surface area contributed by atoms with Gasteiger partial charge in [0.1, 0.15) is 5.75 Å². The van der Waals surface area contributed by atoms with Crippen LogP contribution in [0.4, 0.5) is 0 Å². The van der Waals surface area contributed by atoms with Crippen LogP contribution in [-0.2, 0) is 10.2 Å². The van der Waals surface area contributed by atoms with Crippen LogP contribution in [-0.4, -0.2) is 18.7 Å². The molecular weight excluding hydrogens is 384 g/mol. The standard InChI is InChI=1S/C27H30N2O2/c1-5-31-25-15-12-18-8-6-7-9-21(18)24(25)17-28-29-26(30)23-16-22(23)19-10-13-20(14-11-19)27(2,3)4/h6-15,17,22-23H,5,16H2,1-4H3,(H,29,30)/b28-17-/t22-,23-/m0/s1. The summed E-state index contributed by atoms with van der Waals surface area (Å²) in [7, 11) is 0. The Kier molecular flexibility index (Phi) is 5.81. The Morgan fingerprint density at radius 3 is 2.55 bits per heavy atom. The molecule has 1 amide bonds. The lowest BCUT2D eigenvalue weighted by Gasteiger charge is -2.19. The van der Waals surface area contributed by atoms with Gasteiger partial charge in [0.05, 0.1) is 12.8 Å². The van der Waals surface area contributed by atoms with Gasteiger partial charge in [-0.25, -0.2) is 5.43 Å². The Labute approximate surface area is 184 Å². The van der Waals surface area contributed by atoms with Crippen LogP contribution < -0.4 is 10.2 Å². The van der Waals surface area contributed by atoms with Gasteiger partial charge in [-0.2, -0.15) is 5.10 Å². The van der Waals surface area contributed by atoms with Gasteiger partial charge in [-0.05, 0) is 52.6 Å². The number of hydrogen-bond donors (Lipinski definition) is 1. The highest BCUT2D eigenvalue weighted by Gasteiger charge is 2.44. The molecule has 0 aliphatic heterocycles. The highest BCUT2D eigenvalue weighted by Crippen LogP contribution is 2.47. The Morgan fingerprint density at radius 2 is 1.84 bits per heavy atom. The van der Waals surface area contributed by atoms with E-state index in [9.17, 15) is 4.79 Å². The number of amides is 1. The van der Waals surface area contributed by atoms with Gasteiger partial charge >= 0.3 is 0 Å². The number of hydrogen-bond acceptors (Lipinski definition) is 3. The van der Waals surface area contributed by atoms with E-state index in [1.165, 1.54) is 11.1 Å². The monoisotopic (exact) mass is 414 g/mol. The average molecular weight is 415 g/mol. The molecule has 31 heavy (non-hydrogen) atoms. The van der Waals surface area contributed by atoms with Crippen LogP contribution in [0.1, 0.15) is 56.7 Å². The quantitative estimate of drug-likeness (QED) is 0.410. The number of fused-ring (bicyclic) bond motifs is 1. The molecule has 0 spiro atoms. The maximum absolute atomic E-state index is 12.6. The number of nitrogens with zero attached hydrogens (tertiary/aromatic N) is 1. The molecule has 0 aromatic heterocycles. The van der Waals surface area contributed by atoms with Crippen molar-refractivity contribution in [3.05, 3.63) is 77.4 Å². The molecular formula is C27H30N2O2. The summed E-state index contributed by atoms with van der Waals surface area (Å²) in [5, 5.41) is 6.43. The normalized spacial score (nSPS) is 18.3. The molecule has 0 heterocycles. The largest absolute Gasteiger partial charge is 0.493 e. The molecule has 0 bridgehead atoms. The van der Waals surface area contributed by atoms with Crippen LogP contribution in [0.5, 0.6) is 5.75 Å². The van der Waals surface area contributed by atoms with Crippen molar-refractivity contribution in [1.29, 1.82) is 0 Å². The summed E-state index contributed by atoms with van der Waals surface area (Å²) in [5.41, 5.74) is 6.29. The summed E-state index contributed by atoms with van der Waals surface area (Å²) in [6.07, 6.45) is 2.56. The van der Waals surface area contributed by atoms with Gasteiger partial charge in [0.25, 0.3) is 0 Å². The lowest BCUT2D eigenvalue weighted by molar-refractivity contribution is -0.122. The van der Waals surface area contributed by atoms with Crippen LogP contribution in [0.2, 0.25) is 0 Å². The molecule has 1 aliphatic rings. The zero-order chi connectivity index (χ0) is 22.0.